The highest BCUT2D eigenvalue weighted by atomic mass is 16.5. The molecule has 3 aromatic heterocycles. The number of rotatable bonds is 13. The number of carbonyl (C=O) groups is 8. The third kappa shape index (κ3) is 11.2. The summed E-state index contributed by atoms with van der Waals surface area (Å²) in [6.07, 6.45) is 8.49. The summed E-state index contributed by atoms with van der Waals surface area (Å²) < 4.78 is 12.1. The Balaban J connectivity index is 0.000000151. The van der Waals surface area contributed by atoms with Crippen LogP contribution in [0.15, 0.2) is 84.9 Å². The van der Waals surface area contributed by atoms with Gasteiger partial charge >= 0.3 is 6.09 Å². The number of nitrogens with one attached hydrogen (secondary N) is 2. The highest BCUT2D eigenvalue weighted by molar-refractivity contribution is 6.07. The predicted molar refractivity (Wildman–Crippen MR) is 419 cm³/mol. The Morgan fingerprint density at radius 2 is 0.813 bits per heavy atom. The maximum Gasteiger partial charge on any atom is 0.407 e. The second-order valence-electron chi connectivity index (χ2n) is 33.5. The van der Waals surface area contributed by atoms with E-state index in [2.05, 4.69) is 142 Å². The first-order chi connectivity index (χ1) is 50.3. The molecule has 0 spiro atoms. The number of hydrogen-bond acceptors (Lipinski definition) is 10. The number of alkyl carbamates (subject to hydrolysis) is 1. The van der Waals surface area contributed by atoms with Gasteiger partial charge in [-0.05, 0) is 203 Å². The number of fused-ring (bicyclic) bond motifs is 15. The summed E-state index contributed by atoms with van der Waals surface area (Å²) in [4.78, 5) is 121. The zero-order valence-corrected chi connectivity index (χ0v) is 65.3. The molecule has 21 heteroatoms. The molecular formula is C86H116N12O9. The lowest BCUT2D eigenvalue weighted by Crippen LogP contribution is -2.76. The number of ether oxygens (including phenoxy) is 1. The molecule has 4 N–H and O–H groups in total. The SMILES string of the molecule is C.CC(=O)NCCCC1c2c(c3ccc(C)cc3n2C)C(C)C2(C)C(=O)N3CCCC3(C)C(=O)N12.Cc1ccc2c3c(n(C)c2c1)C(CCCN)N1C(=O)C2(C)CCCN2C(=O)C1(C)C3C.Cc1ccc2c3c(n(C)c2c1)C(CCCNC(=O)OCc1ccccc1)N1C(=O)C2(C)CCCN2C(=O)C1(C)C3C.[HH]. The second-order valence-corrected chi connectivity index (χ2v) is 33.5. The minimum atomic E-state index is -0.986. The standard InChI is InChI=1S/C33H40N4O4.C27H36N4O3.C25H34N4O2.CH4.H2/c1-21-14-15-24-26(19-21)35(5)28-25(13-9-17-34-31(40)41-20-23-11-7-6-8-12-23)37-29(38)32(3)16-10-18-36(32)30(39)33(37,4)22(2)27(24)28;1-16-10-11-19-21(15-16)29(6)23-20(9-7-13-28-18(3)32)31-24(33)26(4)12-8-14-30(26)25(34)27(31,5)17(2)22(19)23;1-15-9-10-17-19(14-15)27(5)21-18(8-6-12-26)29-22(30)24(3)11-7-13-28(24)23(31)25(29,4)16(2)20(17)21;;/h6-8,11-12,14-15,19,22,25H,9-10,13,16-18,20H2,1-5H3,(H,34,40);10-11,15,17,20H,7-9,12-14H2,1-6H3,(H,28,32);9-10,14,16,18H,6-8,11-13,26H2,1-5H3;1H4;1H. The summed E-state index contributed by atoms with van der Waals surface area (Å²) in [7, 11) is 6.25. The van der Waals surface area contributed by atoms with Crippen LogP contribution in [0.4, 0.5) is 4.79 Å². The molecule has 8 amide bonds. The lowest BCUT2D eigenvalue weighted by Gasteiger charge is -2.60. The van der Waals surface area contributed by atoms with E-state index in [1.165, 1.54) is 56.7 Å². The van der Waals surface area contributed by atoms with Crippen molar-refractivity contribution in [1.29, 1.82) is 0 Å². The highest BCUT2D eigenvalue weighted by Gasteiger charge is 2.70. The second kappa shape index (κ2) is 27.6. The molecule has 4 aromatic carbocycles. The molecule has 0 bridgehead atoms. The van der Waals surface area contributed by atoms with Crippen molar-refractivity contribution in [3.05, 3.63) is 141 Å². The summed E-state index contributed by atoms with van der Waals surface area (Å²) in [5, 5.41) is 9.27. The largest absolute Gasteiger partial charge is 0.445 e. The minimum absolute atomic E-state index is 0. The average Bonchev–Trinajstić information content (AvgIpc) is 1.11. The zero-order chi connectivity index (χ0) is 76.0. The molecule has 0 aliphatic carbocycles. The predicted octanol–water partition coefficient (Wildman–Crippen LogP) is 13.1. The lowest BCUT2D eigenvalue weighted by molar-refractivity contribution is -0.182. The topological polar surface area (TPSA) is 230 Å². The number of hydrogen-bond donors (Lipinski definition) is 3. The molecule has 12 atom stereocenters. The number of nitrogens with two attached hydrogens (primary N) is 1. The van der Waals surface area contributed by atoms with E-state index in [1.54, 1.807) is 0 Å². The van der Waals surface area contributed by atoms with E-state index in [4.69, 9.17) is 10.5 Å². The molecule has 0 saturated carbocycles. The minimum Gasteiger partial charge on any atom is -0.445 e. The van der Waals surface area contributed by atoms with Crippen LogP contribution in [-0.4, -0.2) is 163 Å². The van der Waals surface area contributed by atoms with Crippen molar-refractivity contribution in [2.24, 2.45) is 26.9 Å². The van der Waals surface area contributed by atoms with Gasteiger partial charge in [-0.2, -0.15) is 0 Å². The molecule has 12 unspecified atom stereocenters. The van der Waals surface area contributed by atoms with E-state index < -0.39 is 39.3 Å². The third-order valence-corrected chi connectivity index (χ3v) is 27.4. The quantitative estimate of drug-likeness (QED) is 0.0925. The van der Waals surface area contributed by atoms with Crippen molar-refractivity contribution in [2.75, 3.05) is 39.3 Å². The van der Waals surface area contributed by atoms with Crippen LogP contribution in [0.1, 0.15) is 247 Å². The van der Waals surface area contributed by atoms with Gasteiger partial charge in [0.1, 0.15) is 39.8 Å². The molecule has 107 heavy (non-hydrogen) atoms. The molecule has 7 aromatic rings. The molecular weight excluding hydrogens is 1350 g/mol. The van der Waals surface area contributed by atoms with Gasteiger partial charge in [-0.15, -0.1) is 0 Å². The fraction of sp³-hybridized carbons (Fsp3) is 0.558. The third-order valence-electron chi connectivity index (χ3n) is 27.4. The van der Waals surface area contributed by atoms with Gasteiger partial charge in [0, 0.05) is 130 Å². The highest BCUT2D eigenvalue weighted by Crippen LogP contribution is 2.60. The number of carbonyl (C=O) groups excluding carboxylic acids is 8. The number of aromatic nitrogens is 3. The van der Waals surface area contributed by atoms with Gasteiger partial charge in [0.2, 0.25) is 41.4 Å². The lowest BCUT2D eigenvalue weighted by atomic mass is 9.69. The Hall–Kier alpha value is -8.98. The maximum atomic E-state index is 14.5. The van der Waals surface area contributed by atoms with Gasteiger partial charge in [0.25, 0.3) is 0 Å². The normalized spacial score (nSPS) is 29.4. The molecule has 6 saturated heterocycles. The average molecular weight is 1460 g/mol. The molecule has 21 nitrogen and oxygen atoms in total. The van der Waals surface area contributed by atoms with Gasteiger partial charge in [-0.25, -0.2) is 4.79 Å². The monoisotopic (exact) mass is 1460 g/mol. The zero-order valence-electron chi connectivity index (χ0n) is 65.3. The number of piperazine rings is 3. The van der Waals surface area contributed by atoms with Crippen molar-refractivity contribution >= 4 is 80.2 Å². The van der Waals surface area contributed by atoms with Gasteiger partial charge in [0.15, 0.2) is 0 Å². The summed E-state index contributed by atoms with van der Waals surface area (Å²) in [5.41, 5.74) is 15.7. The van der Waals surface area contributed by atoms with Crippen LogP contribution < -0.4 is 16.4 Å². The number of amides is 8. The van der Waals surface area contributed by atoms with Gasteiger partial charge in [0.05, 0.1) is 18.1 Å². The molecule has 16 rings (SSSR count). The van der Waals surface area contributed by atoms with Crippen LogP contribution in [0, 0.1) is 20.8 Å². The van der Waals surface area contributed by atoms with Crippen molar-refractivity contribution in [2.45, 2.75) is 250 Å². The van der Waals surface area contributed by atoms with Crippen LogP contribution in [0.25, 0.3) is 32.7 Å². The summed E-state index contributed by atoms with van der Waals surface area (Å²) in [6, 6.07) is 28.4. The van der Waals surface area contributed by atoms with Crippen molar-refractivity contribution < 1.29 is 44.5 Å². The Morgan fingerprint density at radius 3 is 1.14 bits per heavy atom. The summed E-state index contributed by atoms with van der Waals surface area (Å²) in [5.74, 6) is -0.0269. The van der Waals surface area contributed by atoms with E-state index in [9.17, 15) is 38.4 Å². The number of benzene rings is 4. The number of nitrogens with zero attached hydrogens (tertiary/aromatic N) is 9. The van der Waals surface area contributed by atoms with Gasteiger partial charge in [-0.3, -0.25) is 33.6 Å². The van der Waals surface area contributed by atoms with Crippen LogP contribution in [-0.2, 0) is 66.0 Å². The Bertz CT molecular complexity index is 4790. The van der Waals surface area contributed by atoms with Crippen molar-refractivity contribution in [3.63, 3.8) is 0 Å². The molecule has 9 aliphatic heterocycles. The molecule has 9 aliphatic rings. The molecule has 12 heterocycles. The van der Waals surface area contributed by atoms with E-state index >= 15 is 0 Å². The maximum absolute atomic E-state index is 14.5. The molecule has 574 valence electrons. The first-order valence-electron chi connectivity index (χ1n) is 38.9. The fourth-order valence-corrected chi connectivity index (χ4v) is 21.1. The van der Waals surface area contributed by atoms with E-state index in [0.29, 0.717) is 71.4 Å². The van der Waals surface area contributed by atoms with Crippen LogP contribution >= 0.6 is 0 Å². The Labute approximate surface area is 632 Å². The number of aryl methyl sites for hydroxylation is 6. The van der Waals surface area contributed by atoms with Gasteiger partial charge < -0.3 is 64.2 Å². The van der Waals surface area contributed by atoms with E-state index in [1.807, 2.05) is 101 Å². The van der Waals surface area contributed by atoms with Crippen molar-refractivity contribution in [3.8, 4) is 0 Å². The molecule has 0 radical (unpaired) electrons. The van der Waals surface area contributed by atoms with Crippen LogP contribution in [0.5, 0.6) is 0 Å². The summed E-state index contributed by atoms with van der Waals surface area (Å²) in [6.45, 7) is 29.6. The smallest absolute Gasteiger partial charge is 0.407 e. The van der Waals surface area contributed by atoms with Crippen molar-refractivity contribution in [1.82, 2.24) is 53.7 Å². The Kier molecular flexibility index (Phi) is 19.7. The first kappa shape index (κ1) is 76.2. The fourth-order valence-electron chi connectivity index (χ4n) is 21.1. The first-order valence-corrected chi connectivity index (χ1v) is 38.9. The van der Waals surface area contributed by atoms with E-state index in [-0.39, 0.29) is 92.7 Å². The summed E-state index contributed by atoms with van der Waals surface area (Å²) >= 11 is 0. The van der Waals surface area contributed by atoms with E-state index in [0.717, 1.165) is 83.9 Å². The Morgan fingerprint density at radius 1 is 0.486 bits per heavy atom. The van der Waals surface area contributed by atoms with Gasteiger partial charge in [-0.1, -0.05) is 94.9 Å². The van der Waals surface area contributed by atoms with Crippen LogP contribution in [0.2, 0.25) is 0 Å². The molecule has 6 fully saturated rings. The van der Waals surface area contributed by atoms with Crippen LogP contribution in [0.3, 0.4) is 0 Å².